The van der Waals surface area contributed by atoms with Crippen LogP contribution in [-0.4, -0.2) is 45.9 Å². The first kappa shape index (κ1) is 16.3. The van der Waals surface area contributed by atoms with Gasteiger partial charge in [0.1, 0.15) is 6.04 Å². The molecule has 0 radical (unpaired) electrons. The normalized spacial score (nSPS) is 16.8. The number of aromatic nitrogens is 1. The highest BCUT2D eigenvalue weighted by Crippen LogP contribution is 2.20. The SMILES string of the molecule is Cc1ccc2c(C(=O)NCC(=O)N3CSC[C@H]3C#N)ccnc2c1. The van der Waals surface area contributed by atoms with Crippen LogP contribution in [0.25, 0.3) is 10.9 Å². The number of amides is 2. The van der Waals surface area contributed by atoms with Crippen molar-refractivity contribution in [2.75, 3.05) is 18.2 Å². The second kappa shape index (κ2) is 6.89. The Bertz CT molecular complexity index is 846. The lowest BCUT2D eigenvalue weighted by atomic mass is 10.1. The van der Waals surface area contributed by atoms with Gasteiger partial charge in [-0.3, -0.25) is 14.6 Å². The van der Waals surface area contributed by atoms with Gasteiger partial charge < -0.3 is 10.2 Å². The van der Waals surface area contributed by atoms with E-state index < -0.39 is 6.04 Å². The van der Waals surface area contributed by atoms with Gasteiger partial charge in [0, 0.05) is 17.3 Å². The standard InChI is InChI=1S/C17H16N4O2S/c1-11-2-3-13-14(4-5-19-15(13)6-11)17(23)20-8-16(22)21-10-24-9-12(21)7-18/h2-6,12H,8-10H2,1H3,(H,20,23)/t12-/m1/s1. The molecule has 0 spiro atoms. The van der Waals surface area contributed by atoms with Gasteiger partial charge in [-0.1, -0.05) is 12.1 Å². The summed E-state index contributed by atoms with van der Waals surface area (Å²) >= 11 is 1.54. The van der Waals surface area contributed by atoms with Crippen molar-refractivity contribution in [3.63, 3.8) is 0 Å². The van der Waals surface area contributed by atoms with Crippen molar-refractivity contribution >= 4 is 34.5 Å². The van der Waals surface area contributed by atoms with Crippen LogP contribution in [0.1, 0.15) is 15.9 Å². The Morgan fingerprint density at radius 2 is 2.29 bits per heavy atom. The van der Waals surface area contributed by atoms with Crippen LogP contribution in [0.4, 0.5) is 0 Å². The molecular formula is C17H16N4O2S. The van der Waals surface area contributed by atoms with E-state index in [1.165, 1.54) is 16.7 Å². The van der Waals surface area contributed by atoms with Crippen molar-refractivity contribution in [1.29, 1.82) is 5.26 Å². The summed E-state index contributed by atoms with van der Waals surface area (Å²) in [5, 5.41) is 12.4. The first-order valence-electron chi connectivity index (χ1n) is 7.50. The van der Waals surface area contributed by atoms with Gasteiger partial charge >= 0.3 is 0 Å². The van der Waals surface area contributed by atoms with Crippen molar-refractivity contribution in [2.45, 2.75) is 13.0 Å². The quantitative estimate of drug-likeness (QED) is 0.919. The van der Waals surface area contributed by atoms with Crippen LogP contribution in [0.3, 0.4) is 0 Å². The minimum atomic E-state index is -0.413. The molecule has 0 aliphatic carbocycles. The average Bonchev–Trinajstić information content (AvgIpc) is 3.07. The Balaban J connectivity index is 1.72. The van der Waals surface area contributed by atoms with Crippen LogP contribution in [0.5, 0.6) is 0 Å². The lowest BCUT2D eigenvalue weighted by Gasteiger charge is -2.18. The molecule has 1 aliphatic rings. The Kier molecular flexibility index (Phi) is 4.67. The maximum atomic E-state index is 12.4. The molecule has 0 unspecified atom stereocenters. The van der Waals surface area contributed by atoms with Gasteiger partial charge in [0.25, 0.3) is 5.91 Å². The lowest BCUT2D eigenvalue weighted by Crippen LogP contribution is -2.42. The van der Waals surface area contributed by atoms with E-state index in [9.17, 15) is 9.59 Å². The fourth-order valence-corrected chi connectivity index (χ4v) is 3.71. The molecule has 24 heavy (non-hydrogen) atoms. The predicted molar refractivity (Wildman–Crippen MR) is 92.4 cm³/mol. The molecule has 1 aliphatic heterocycles. The van der Waals surface area contributed by atoms with E-state index in [2.05, 4.69) is 16.4 Å². The maximum Gasteiger partial charge on any atom is 0.252 e. The summed E-state index contributed by atoms with van der Waals surface area (Å²) in [5.41, 5.74) is 2.30. The molecule has 7 heteroatoms. The smallest absolute Gasteiger partial charge is 0.252 e. The average molecular weight is 340 g/mol. The van der Waals surface area contributed by atoms with Gasteiger partial charge in [-0.25, -0.2) is 0 Å². The monoisotopic (exact) mass is 340 g/mol. The number of rotatable bonds is 3. The summed E-state index contributed by atoms with van der Waals surface area (Å²) in [5.74, 6) is 0.545. The number of benzene rings is 1. The molecule has 1 aromatic heterocycles. The first-order chi connectivity index (χ1) is 11.6. The highest BCUT2D eigenvalue weighted by molar-refractivity contribution is 7.99. The molecule has 6 nitrogen and oxygen atoms in total. The van der Waals surface area contributed by atoms with Crippen molar-refractivity contribution < 1.29 is 9.59 Å². The van der Waals surface area contributed by atoms with Gasteiger partial charge in [0.05, 0.1) is 29.6 Å². The minimum absolute atomic E-state index is 0.118. The number of carbonyl (C=O) groups excluding carboxylic acids is 2. The molecule has 2 heterocycles. The third-order valence-electron chi connectivity index (χ3n) is 3.89. The van der Waals surface area contributed by atoms with Gasteiger partial charge in [-0.15, -0.1) is 11.8 Å². The summed E-state index contributed by atoms with van der Waals surface area (Å²) in [6.45, 7) is 1.85. The number of carbonyl (C=O) groups is 2. The molecule has 0 bridgehead atoms. The number of nitrogens with one attached hydrogen (secondary N) is 1. The lowest BCUT2D eigenvalue weighted by molar-refractivity contribution is -0.129. The Hall–Kier alpha value is -2.59. The Labute approximate surface area is 143 Å². The van der Waals surface area contributed by atoms with Gasteiger partial charge in [0.2, 0.25) is 5.91 Å². The molecule has 1 saturated heterocycles. The number of aryl methyl sites for hydroxylation is 1. The number of thioether (sulfide) groups is 1. The zero-order valence-corrected chi connectivity index (χ0v) is 14.0. The van der Waals surface area contributed by atoms with Crippen molar-refractivity contribution in [3.8, 4) is 6.07 Å². The van der Waals surface area contributed by atoms with E-state index in [0.717, 1.165) is 16.5 Å². The van der Waals surface area contributed by atoms with E-state index >= 15 is 0 Å². The highest BCUT2D eigenvalue weighted by atomic mass is 32.2. The summed E-state index contributed by atoms with van der Waals surface area (Å²) in [6.07, 6.45) is 1.58. The van der Waals surface area contributed by atoms with E-state index in [-0.39, 0.29) is 18.4 Å². The summed E-state index contributed by atoms with van der Waals surface area (Å²) < 4.78 is 0. The zero-order valence-electron chi connectivity index (χ0n) is 13.2. The fraction of sp³-hybridized carbons (Fsp3) is 0.294. The molecule has 1 N–H and O–H groups in total. The summed E-state index contributed by atoms with van der Waals surface area (Å²) in [4.78, 5) is 30.4. The maximum absolute atomic E-state index is 12.4. The number of hydrogen-bond acceptors (Lipinski definition) is 5. The van der Waals surface area contributed by atoms with E-state index in [4.69, 9.17) is 5.26 Å². The molecule has 0 saturated carbocycles. The molecule has 1 fully saturated rings. The Morgan fingerprint density at radius 3 is 3.08 bits per heavy atom. The Morgan fingerprint density at radius 1 is 1.46 bits per heavy atom. The molecular weight excluding hydrogens is 324 g/mol. The molecule has 1 aromatic carbocycles. The second-order valence-corrected chi connectivity index (χ2v) is 6.57. The number of fused-ring (bicyclic) bond motifs is 1. The fourth-order valence-electron chi connectivity index (χ4n) is 2.60. The van der Waals surface area contributed by atoms with Crippen LogP contribution < -0.4 is 5.32 Å². The summed E-state index contributed by atoms with van der Waals surface area (Å²) in [7, 11) is 0. The van der Waals surface area contributed by atoms with Gasteiger partial charge in [-0.2, -0.15) is 5.26 Å². The van der Waals surface area contributed by atoms with E-state index in [0.29, 0.717) is 17.2 Å². The largest absolute Gasteiger partial charge is 0.343 e. The topological polar surface area (TPSA) is 86.1 Å². The summed E-state index contributed by atoms with van der Waals surface area (Å²) in [6, 6.07) is 9.03. The van der Waals surface area contributed by atoms with Crippen LogP contribution in [0.15, 0.2) is 30.5 Å². The molecule has 2 aromatic rings. The van der Waals surface area contributed by atoms with Crippen molar-refractivity contribution in [1.82, 2.24) is 15.2 Å². The third kappa shape index (κ3) is 3.19. The van der Waals surface area contributed by atoms with Crippen LogP contribution in [-0.2, 0) is 4.79 Å². The van der Waals surface area contributed by atoms with Crippen LogP contribution in [0.2, 0.25) is 0 Å². The first-order valence-corrected chi connectivity index (χ1v) is 8.66. The van der Waals surface area contributed by atoms with Gasteiger partial charge in [-0.05, 0) is 24.6 Å². The van der Waals surface area contributed by atoms with E-state index in [1.54, 1.807) is 12.3 Å². The highest BCUT2D eigenvalue weighted by Gasteiger charge is 2.29. The molecule has 2 amide bonds. The minimum Gasteiger partial charge on any atom is -0.343 e. The van der Waals surface area contributed by atoms with Gasteiger partial charge in [0.15, 0.2) is 0 Å². The van der Waals surface area contributed by atoms with Crippen molar-refractivity contribution in [2.24, 2.45) is 0 Å². The number of nitriles is 1. The number of pyridine rings is 1. The van der Waals surface area contributed by atoms with E-state index in [1.807, 2.05) is 25.1 Å². The molecule has 3 rings (SSSR count). The number of hydrogen-bond donors (Lipinski definition) is 1. The third-order valence-corrected chi connectivity index (χ3v) is 4.91. The number of nitrogens with zero attached hydrogens (tertiary/aromatic N) is 3. The van der Waals surface area contributed by atoms with Crippen LogP contribution >= 0.6 is 11.8 Å². The van der Waals surface area contributed by atoms with Crippen LogP contribution in [0, 0.1) is 18.3 Å². The second-order valence-electron chi connectivity index (χ2n) is 5.57. The zero-order chi connectivity index (χ0) is 17.1. The van der Waals surface area contributed by atoms with Crippen molar-refractivity contribution in [3.05, 3.63) is 41.6 Å². The molecule has 122 valence electrons. The molecule has 1 atom stereocenters. The predicted octanol–water partition coefficient (Wildman–Crippen LogP) is 1.70.